The molecule has 2 rings (SSSR count). The van der Waals surface area contributed by atoms with Crippen LogP contribution in [0.1, 0.15) is 0 Å². The third kappa shape index (κ3) is 1.61. The van der Waals surface area contributed by atoms with E-state index in [-0.39, 0.29) is 17.1 Å². The van der Waals surface area contributed by atoms with Crippen molar-refractivity contribution in [3.63, 3.8) is 0 Å². The van der Waals surface area contributed by atoms with Crippen molar-refractivity contribution in [2.75, 3.05) is 5.73 Å². The minimum Gasteiger partial charge on any atom is -0.382 e. The van der Waals surface area contributed by atoms with E-state index in [1.165, 1.54) is 6.07 Å². The predicted octanol–water partition coefficient (Wildman–Crippen LogP) is 2.73. The molecule has 0 aliphatic heterocycles. The van der Waals surface area contributed by atoms with E-state index in [1.807, 2.05) is 0 Å². The number of aromatic nitrogens is 2. The Bertz CT molecular complexity index is 553. The van der Waals surface area contributed by atoms with Gasteiger partial charge in [-0.25, -0.2) is 13.2 Å². The van der Waals surface area contributed by atoms with E-state index in [0.29, 0.717) is 6.07 Å². The molecule has 84 valence electrons. The van der Waals surface area contributed by atoms with Crippen molar-refractivity contribution in [1.29, 1.82) is 0 Å². The van der Waals surface area contributed by atoms with Crippen LogP contribution in [0.25, 0.3) is 11.3 Å². The van der Waals surface area contributed by atoms with Crippen LogP contribution in [0.15, 0.2) is 12.1 Å². The minimum atomic E-state index is -1.42. The van der Waals surface area contributed by atoms with Crippen LogP contribution in [0.5, 0.6) is 0 Å². The summed E-state index contributed by atoms with van der Waals surface area (Å²) in [6.45, 7) is 0. The van der Waals surface area contributed by atoms with Gasteiger partial charge in [0, 0.05) is 11.6 Å². The summed E-state index contributed by atoms with van der Waals surface area (Å²) >= 11 is 5.29. The van der Waals surface area contributed by atoms with Gasteiger partial charge in [0.25, 0.3) is 0 Å². The topological polar surface area (TPSA) is 54.7 Å². The van der Waals surface area contributed by atoms with Gasteiger partial charge in [-0.05, 0) is 6.07 Å². The fourth-order valence-electron chi connectivity index (χ4n) is 1.24. The Balaban J connectivity index is 2.66. The number of hydrogen-bond donors (Lipinski definition) is 2. The fraction of sp³-hybridized carbons (Fsp3) is 0. The molecule has 7 heteroatoms. The molecule has 0 fully saturated rings. The maximum absolute atomic E-state index is 13.5. The fourth-order valence-corrected chi connectivity index (χ4v) is 1.44. The second-order valence-corrected chi connectivity index (χ2v) is 3.43. The van der Waals surface area contributed by atoms with Crippen LogP contribution in [0.4, 0.5) is 19.0 Å². The second-order valence-electron chi connectivity index (χ2n) is 3.05. The number of anilines is 1. The molecule has 0 aliphatic carbocycles. The highest BCUT2D eigenvalue weighted by Crippen LogP contribution is 2.30. The summed E-state index contributed by atoms with van der Waals surface area (Å²) in [5.41, 5.74) is 5.20. The zero-order valence-corrected chi connectivity index (χ0v) is 8.45. The van der Waals surface area contributed by atoms with Crippen molar-refractivity contribution in [3.05, 3.63) is 34.6 Å². The first kappa shape index (κ1) is 10.8. The van der Waals surface area contributed by atoms with Gasteiger partial charge in [-0.3, -0.25) is 5.10 Å². The van der Waals surface area contributed by atoms with Gasteiger partial charge in [0.1, 0.15) is 10.8 Å². The van der Waals surface area contributed by atoms with Crippen molar-refractivity contribution in [2.45, 2.75) is 0 Å². The monoisotopic (exact) mass is 247 g/mol. The Labute approximate surface area is 93.0 Å². The maximum Gasteiger partial charge on any atom is 0.180 e. The van der Waals surface area contributed by atoms with Gasteiger partial charge in [-0.15, -0.1) is 0 Å². The zero-order valence-electron chi connectivity index (χ0n) is 7.69. The Hall–Kier alpha value is -1.69. The first-order chi connectivity index (χ1) is 7.50. The highest BCUT2D eigenvalue weighted by Gasteiger charge is 2.19. The molecule has 0 spiro atoms. The largest absolute Gasteiger partial charge is 0.382 e. The number of halogens is 4. The number of nitrogens with zero attached hydrogens (tertiary/aromatic N) is 1. The average Bonchev–Trinajstić information content (AvgIpc) is 2.67. The lowest BCUT2D eigenvalue weighted by Gasteiger charge is -2.04. The van der Waals surface area contributed by atoms with E-state index in [2.05, 4.69) is 10.2 Å². The van der Waals surface area contributed by atoms with Crippen LogP contribution in [0.2, 0.25) is 5.02 Å². The van der Waals surface area contributed by atoms with Gasteiger partial charge < -0.3 is 5.73 Å². The second kappa shape index (κ2) is 3.71. The molecule has 0 aliphatic rings. The molecule has 0 unspecified atom stereocenters. The van der Waals surface area contributed by atoms with E-state index < -0.39 is 22.5 Å². The van der Waals surface area contributed by atoms with Crippen molar-refractivity contribution in [1.82, 2.24) is 10.2 Å². The van der Waals surface area contributed by atoms with Gasteiger partial charge in [0.15, 0.2) is 17.5 Å². The zero-order chi connectivity index (χ0) is 11.9. The Morgan fingerprint density at radius 2 is 1.88 bits per heavy atom. The van der Waals surface area contributed by atoms with Gasteiger partial charge in [-0.1, -0.05) is 11.6 Å². The summed E-state index contributed by atoms with van der Waals surface area (Å²) in [4.78, 5) is 0. The van der Waals surface area contributed by atoms with E-state index in [4.69, 9.17) is 17.3 Å². The van der Waals surface area contributed by atoms with Crippen LogP contribution in [-0.4, -0.2) is 10.2 Å². The molecule has 0 saturated carbocycles. The van der Waals surface area contributed by atoms with Gasteiger partial charge in [0.2, 0.25) is 0 Å². The molecule has 3 N–H and O–H groups in total. The SMILES string of the molecule is Nc1cc(-c2cc(F)c(F)c(Cl)c2F)[nH]n1. The van der Waals surface area contributed by atoms with E-state index >= 15 is 0 Å². The summed E-state index contributed by atoms with van der Waals surface area (Å²) in [6.07, 6.45) is 0. The number of H-pyrrole nitrogens is 1. The van der Waals surface area contributed by atoms with E-state index in [0.717, 1.165) is 0 Å². The maximum atomic E-state index is 13.5. The smallest absolute Gasteiger partial charge is 0.180 e. The van der Waals surface area contributed by atoms with Gasteiger partial charge >= 0.3 is 0 Å². The number of benzene rings is 1. The predicted molar refractivity (Wildman–Crippen MR) is 53.3 cm³/mol. The van der Waals surface area contributed by atoms with Crippen LogP contribution in [0, 0.1) is 17.5 Å². The van der Waals surface area contributed by atoms with Crippen molar-refractivity contribution < 1.29 is 13.2 Å². The molecule has 0 bridgehead atoms. The summed E-state index contributed by atoms with van der Waals surface area (Å²) in [7, 11) is 0. The van der Waals surface area contributed by atoms with Crippen molar-refractivity contribution in [2.24, 2.45) is 0 Å². The summed E-state index contributed by atoms with van der Waals surface area (Å²) in [5.74, 6) is -3.62. The molecular formula is C9H5ClF3N3. The average molecular weight is 248 g/mol. The normalized spacial score (nSPS) is 10.8. The highest BCUT2D eigenvalue weighted by atomic mass is 35.5. The third-order valence-electron chi connectivity index (χ3n) is 1.99. The molecule has 0 saturated heterocycles. The first-order valence-electron chi connectivity index (χ1n) is 4.15. The molecule has 0 radical (unpaired) electrons. The van der Waals surface area contributed by atoms with Gasteiger partial charge in [0.05, 0.1) is 5.69 Å². The molecule has 2 aromatic rings. The Morgan fingerprint density at radius 1 is 1.19 bits per heavy atom. The van der Waals surface area contributed by atoms with Crippen molar-refractivity contribution >= 4 is 17.4 Å². The molecular weight excluding hydrogens is 243 g/mol. The quantitative estimate of drug-likeness (QED) is 0.601. The molecule has 0 atom stereocenters. The van der Waals surface area contributed by atoms with Crippen LogP contribution in [-0.2, 0) is 0 Å². The van der Waals surface area contributed by atoms with Crippen LogP contribution < -0.4 is 5.73 Å². The Kier molecular flexibility index (Phi) is 2.51. The summed E-state index contributed by atoms with van der Waals surface area (Å²) in [5, 5.41) is 5.02. The molecule has 1 aromatic carbocycles. The molecule has 16 heavy (non-hydrogen) atoms. The van der Waals surface area contributed by atoms with Crippen LogP contribution in [0.3, 0.4) is 0 Å². The van der Waals surface area contributed by atoms with E-state index in [9.17, 15) is 13.2 Å². The lowest BCUT2D eigenvalue weighted by molar-refractivity contribution is 0.496. The third-order valence-corrected chi connectivity index (χ3v) is 2.32. The summed E-state index contributed by atoms with van der Waals surface area (Å²) in [6, 6.07) is 1.97. The number of nitrogens with two attached hydrogens (primary N) is 1. The van der Waals surface area contributed by atoms with E-state index in [1.54, 1.807) is 0 Å². The number of aromatic amines is 1. The first-order valence-corrected chi connectivity index (χ1v) is 4.52. The standard InChI is InChI=1S/C9H5ClF3N3/c10-7-8(12)3(1-4(11)9(7)13)5-2-6(14)16-15-5/h1-2H,(H3,14,15,16). The molecule has 1 aromatic heterocycles. The number of nitrogens with one attached hydrogen (secondary N) is 1. The summed E-state index contributed by atoms with van der Waals surface area (Å²) < 4.78 is 39.4. The number of nitrogen functional groups attached to an aromatic ring is 1. The number of hydrogen-bond acceptors (Lipinski definition) is 2. The molecule has 1 heterocycles. The molecule has 3 nitrogen and oxygen atoms in total. The van der Waals surface area contributed by atoms with Crippen molar-refractivity contribution in [3.8, 4) is 11.3 Å². The minimum absolute atomic E-state index is 0.107. The highest BCUT2D eigenvalue weighted by molar-refractivity contribution is 6.31. The van der Waals surface area contributed by atoms with Gasteiger partial charge in [-0.2, -0.15) is 5.10 Å². The number of rotatable bonds is 1. The van der Waals surface area contributed by atoms with Crippen LogP contribution >= 0.6 is 11.6 Å². The Morgan fingerprint density at radius 3 is 2.44 bits per heavy atom. The lowest BCUT2D eigenvalue weighted by Crippen LogP contribution is -1.94. The lowest BCUT2D eigenvalue weighted by atomic mass is 10.1. The molecule has 0 amide bonds.